The van der Waals surface area contributed by atoms with E-state index < -0.39 is 12.1 Å². The van der Waals surface area contributed by atoms with Crippen LogP contribution in [0.5, 0.6) is 0 Å². The van der Waals surface area contributed by atoms with Crippen LogP contribution in [0.2, 0.25) is 0 Å². The van der Waals surface area contributed by atoms with Gasteiger partial charge in [0.2, 0.25) is 0 Å². The van der Waals surface area contributed by atoms with Crippen molar-refractivity contribution in [3.8, 4) is 0 Å². The molecule has 0 spiro atoms. The first-order valence-electron chi connectivity index (χ1n) is 8.31. The number of aliphatic hydroxyl groups is 1. The molecule has 3 rings (SSSR count). The maximum Gasteiger partial charge on any atom is 0.339 e. The van der Waals surface area contributed by atoms with Crippen LogP contribution in [-0.2, 0) is 9.53 Å². The highest BCUT2D eigenvalue weighted by Gasteiger charge is 2.30. The predicted octanol–water partition coefficient (Wildman–Crippen LogP) is 2.62. The highest BCUT2D eigenvalue weighted by molar-refractivity contribution is 5.77. The predicted molar refractivity (Wildman–Crippen MR) is 84.6 cm³/mol. The van der Waals surface area contributed by atoms with E-state index in [-0.39, 0.29) is 6.10 Å². The van der Waals surface area contributed by atoms with Crippen molar-refractivity contribution in [3.05, 3.63) is 35.4 Å². The van der Waals surface area contributed by atoms with Gasteiger partial charge in [-0.1, -0.05) is 30.7 Å². The second-order valence-electron chi connectivity index (χ2n) is 6.60. The summed E-state index contributed by atoms with van der Waals surface area (Å²) >= 11 is 0. The monoisotopic (exact) mass is 303 g/mol. The number of aliphatic hydroxyl groups excluding tert-OH is 1. The van der Waals surface area contributed by atoms with Crippen LogP contribution < -0.4 is 0 Å². The lowest BCUT2D eigenvalue weighted by atomic mass is 9.77. The van der Waals surface area contributed by atoms with Gasteiger partial charge in [-0.05, 0) is 49.8 Å². The van der Waals surface area contributed by atoms with Gasteiger partial charge >= 0.3 is 5.97 Å². The van der Waals surface area contributed by atoms with Crippen LogP contribution in [0.1, 0.15) is 55.3 Å². The summed E-state index contributed by atoms with van der Waals surface area (Å²) in [7, 11) is 2.07. The molecule has 1 aliphatic heterocycles. The summed E-state index contributed by atoms with van der Waals surface area (Å²) in [6.45, 7) is 1.87. The molecule has 2 aliphatic rings. The van der Waals surface area contributed by atoms with E-state index in [9.17, 15) is 9.90 Å². The van der Waals surface area contributed by atoms with Gasteiger partial charge in [-0.15, -0.1) is 0 Å². The van der Waals surface area contributed by atoms with Gasteiger partial charge in [0.1, 0.15) is 6.10 Å². The summed E-state index contributed by atoms with van der Waals surface area (Å²) in [5.41, 5.74) is 1.84. The second-order valence-corrected chi connectivity index (χ2v) is 6.60. The minimum absolute atomic E-state index is 0.0609. The van der Waals surface area contributed by atoms with Gasteiger partial charge in [0, 0.05) is 13.1 Å². The minimum Gasteiger partial charge on any atom is -0.460 e. The Morgan fingerprint density at radius 1 is 1.23 bits per heavy atom. The Hall–Kier alpha value is -1.39. The maximum atomic E-state index is 12.3. The molecule has 120 valence electrons. The molecule has 4 heteroatoms. The van der Waals surface area contributed by atoms with E-state index in [4.69, 9.17) is 4.74 Å². The molecule has 1 aliphatic carbocycles. The molecule has 1 saturated heterocycles. The number of hydrogen-bond donors (Lipinski definition) is 1. The Balaban J connectivity index is 1.65. The Labute approximate surface area is 132 Å². The summed E-state index contributed by atoms with van der Waals surface area (Å²) < 4.78 is 5.53. The van der Waals surface area contributed by atoms with Crippen molar-refractivity contribution in [2.45, 2.75) is 50.2 Å². The molecule has 22 heavy (non-hydrogen) atoms. The fraction of sp³-hybridized carbons (Fsp3) is 0.611. The Morgan fingerprint density at radius 2 is 1.91 bits per heavy atom. The van der Waals surface area contributed by atoms with Gasteiger partial charge in [-0.3, -0.25) is 0 Å². The smallest absolute Gasteiger partial charge is 0.339 e. The molecule has 4 nitrogen and oxygen atoms in total. The first kappa shape index (κ1) is 15.5. The van der Waals surface area contributed by atoms with Gasteiger partial charge in [-0.2, -0.15) is 0 Å². The Kier molecular flexibility index (Phi) is 4.79. The van der Waals surface area contributed by atoms with E-state index in [1.54, 1.807) is 0 Å². The first-order valence-corrected chi connectivity index (χ1v) is 8.31. The average Bonchev–Trinajstić information content (AvgIpc) is 2.48. The third-order valence-electron chi connectivity index (χ3n) is 5.01. The van der Waals surface area contributed by atoms with E-state index in [1.807, 2.05) is 24.3 Å². The number of esters is 1. The van der Waals surface area contributed by atoms with E-state index >= 15 is 0 Å². The van der Waals surface area contributed by atoms with Gasteiger partial charge in [0.15, 0.2) is 6.10 Å². The number of nitrogens with zero attached hydrogens (tertiary/aromatic N) is 1. The van der Waals surface area contributed by atoms with Crippen molar-refractivity contribution < 1.29 is 14.6 Å². The zero-order valence-corrected chi connectivity index (χ0v) is 13.2. The number of carbonyl (C=O) groups excluding carboxylic acids is 1. The van der Waals surface area contributed by atoms with Gasteiger partial charge in [-0.25, -0.2) is 4.79 Å². The summed E-state index contributed by atoms with van der Waals surface area (Å²) in [4.78, 5) is 14.5. The van der Waals surface area contributed by atoms with Crippen LogP contribution in [0.4, 0.5) is 0 Å². The van der Waals surface area contributed by atoms with Crippen molar-refractivity contribution in [2.75, 3.05) is 20.1 Å². The number of carbonyl (C=O) groups is 1. The average molecular weight is 303 g/mol. The Morgan fingerprint density at radius 3 is 2.55 bits per heavy atom. The quantitative estimate of drug-likeness (QED) is 0.869. The molecule has 1 aromatic carbocycles. The summed E-state index contributed by atoms with van der Waals surface area (Å²) in [5.74, 6) is -0.0108. The lowest BCUT2D eigenvalue weighted by Crippen LogP contribution is -2.36. The molecule has 2 fully saturated rings. The molecule has 0 bridgehead atoms. The molecule has 1 N–H and O–H groups in total. The van der Waals surface area contributed by atoms with Crippen molar-refractivity contribution in [2.24, 2.45) is 0 Å². The Bertz CT molecular complexity index is 519. The zero-order valence-electron chi connectivity index (χ0n) is 13.2. The van der Waals surface area contributed by atoms with Crippen LogP contribution in [-0.4, -0.2) is 42.2 Å². The normalized spacial score (nSPS) is 22.1. The highest BCUT2D eigenvalue weighted by Crippen LogP contribution is 2.39. The third kappa shape index (κ3) is 3.33. The summed E-state index contributed by atoms with van der Waals surface area (Å²) in [6.07, 6.45) is 4.00. The zero-order chi connectivity index (χ0) is 15.5. The lowest BCUT2D eigenvalue weighted by molar-refractivity contribution is -0.161. The summed E-state index contributed by atoms with van der Waals surface area (Å²) in [6, 6.07) is 7.75. The third-order valence-corrected chi connectivity index (χ3v) is 5.01. The molecule has 1 saturated carbocycles. The molecule has 0 aromatic heterocycles. The minimum atomic E-state index is -1.16. The van der Waals surface area contributed by atoms with Crippen LogP contribution >= 0.6 is 0 Å². The van der Waals surface area contributed by atoms with E-state index in [0.717, 1.165) is 49.9 Å². The van der Waals surface area contributed by atoms with Gasteiger partial charge in [0.05, 0.1) is 0 Å². The maximum absolute atomic E-state index is 12.3. The fourth-order valence-corrected chi connectivity index (χ4v) is 3.31. The largest absolute Gasteiger partial charge is 0.460 e. The molecule has 1 aromatic rings. The van der Waals surface area contributed by atoms with Crippen LogP contribution in [0, 0.1) is 0 Å². The first-order chi connectivity index (χ1) is 10.6. The number of likely N-dealkylation sites (tertiary alicyclic amines) is 1. The lowest BCUT2D eigenvalue weighted by Gasteiger charge is -2.31. The fourth-order valence-electron chi connectivity index (χ4n) is 3.31. The van der Waals surface area contributed by atoms with Crippen molar-refractivity contribution in [1.82, 2.24) is 4.90 Å². The number of rotatable bonds is 4. The molecule has 1 atom stereocenters. The van der Waals surface area contributed by atoms with E-state index in [0.29, 0.717) is 5.92 Å². The topological polar surface area (TPSA) is 49.8 Å². The van der Waals surface area contributed by atoms with Crippen molar-refractivity contribution in [3.63, 3.8) is 0 Å². The number of piperidine rings is 1. The van der Waals surface area contributed by atoms with E-state index in [1.165, 1.54) is 6.42 Å². The van der Waals surface area contributed by atoms with Crippen molar-refractivity contribution in [1.29, 1.82) is 0 Å². The van der Waals surface area contributed by atoms with Crippen LogP contribution in [0.25, 0.3) is 0 Å². The standard InChI is InChI=1S/C18H25NO3/c1-19-11-9-14(10-12-19)22-18(21)17(20)16-8-3-2-7-15(16)13-5-4-6-13/h2-3,7-8,13-14,17,20H,4-6,9-12H2,1H3. The van der Waals surface area contributed by atoms with Crippen LogP contribution in [0.3, 0.4) is 0 Å². The van der Waals surface area contributed by atoms with E-state index in [2.05, 4.69) is 11.9 Å². The van der Waals surface area contributed by atoms with Gasteiger partial charge in [0.25, 0.3) is 0 Å². The summed E-state index contributed by atoms with van der Waals surface area (Å²) in [5, 5.41) is 10.4. The second kappa shape index (κ2) is 6.80. The highest BCUT2D eigenvalue weighted by atomic mass is 16.6. The number of benzene rings is 1. The van der Waals surface area contributed by atoms with Gasteiger partial charge < -0.3 is 14.7 Å². The molecular weight excluding hydrogens is 278 g/mol. The molecule has 0 radical (unpaired) electrons. The molecule has 1 unspecified atom stereocenters. The molecule has 0 amide bonds. The number of hydrogen-bond acceptors (Lipinski definition) is 4. The SMILES string of the molecule is CN1CCC(OC(=O)C(O)c2ccccc2C2CCC2)CC1. The number of ether oxygens (including phenoxy) is 1. The molecular formula is C18H25NO3. The van der Waals surface area contributed by atoms with Crippen molar-refractivity contribution >= 4 is 5.97 Å². The molecule has 1 heterocycles. The van der Waals surface area contributed by atoms with Crippen LogP contribution in [0.15, 0.2) is 24.3 Å².